The Hall–Kier alpha value is -3.09. The predicted octanol–water partition coefficient (Wildman–Crippen LogP) is 6.48. The summed E-state index contributed by atoms with van der Waals surface area (Å²) < 4.78 is 11.8. The molecule has 0 unspecified atom stereocenters. The van der Waals surface area contributed by atoms with E-state index < -0.39 is 0 Å². The molecule has 0 spiro atoms. The van der Waals surface area contributed by atoms with Crippen molar-refractivity contribution < 1.29 is 14.3 Å². The fraction of sp³-hybridized carbons (Fsp3) is 0.222. The van der Waals surface area contributed by atoms with E-state index in [-0.39, 0.29) is 11.4 Å². The van der Waals surface area contributed by atoms with Crippen molar-refractivity contribution in [2.75, 3.05) is 11.9 Å². The molecule has 5 nitrogen and oxygen atoms in total. The van der Waals surface area contributed by atoms with E-state index in [9.17, 15) is 4.79 Å². The van der Waals surface area contributed by atoms with Crippen molar-refractivity contribution in [2.45, 2.75) is 32.4 Å². The maximum Gasteiger partial charge on any atom is 0.260 e. The molecule has 0 saturated carbocycles. The average molecular weight is 495 g/mol. The fourth-order valence-corrected chi connectivity index (χ4v) is 4.56. The molecule has 176 valence electrons. The van der Waals surface area contributed by atoms with Crippen molar-refractivity contribution in [3.05, 3.63) is 93.3 Å². The van der Waals surface area contributed by atoms with Crippen LogP contribution in [-0.4, -0.2) is 18.0 Å². The lowest BCUT2D eigenvalue weighted by Gasteiger charge is -2.13. The number of aryl methyl sites for hydroxylation is 1. The van der Waals surface area contributed by atoms with Crippen molar-refractivity contribution in [3.63, 3.8) is 0 Å². The topological polar surface area (TPSA) is 59.6 Å². The van der Waals surface area contributed by atoms with Crippen LogP contribution in [0.5, 0.6) is 11.5 Å². The first-order chi connectivity index (χ1) is 16.5. The normalized spacial score (nSPS) is 16.4. The number of nitrogens with one attached hydrogen (secondary N) is 2. The Morgan fingerprint density at radius 2 is 1.71 bits per heavy atom. The molecule has 1 fully saturated rings. The van der Waals surface area contributed by atoms with Crippen molar-refractivity contribution in [1.29, 1.82) is 0 Å². The summed E-state index contributed by atoms with van der Waals surface area (Å²) in [6, 6.07) is 21.5. The molecular weight excluding hydrogens is 468 g/mol. The first kappa shape index (κ1) is 24.0. The summed E-state index contributed by atoms with van der Waals surface area (Å²) in [7, 11) is 0. The minimum absolute atomic E-state index is 0.103. The van der Waals surface area contributed by atoms with Crippen LogP contribution in [0, 0.1) is 0 Å². The number of carbonyl (C=O) groups excluding carboxylic acids is 1. The molecule has 1 heterocycles. The third-order valence-electron chi connectivity index (χ3n) is 5.26. The van der Waals surface area contributed by atoms with E-state index in [1.807, 2.05) is 67.6 Å². The maximum atomic E-state index is 12.5. The standard InChI is InChI=1S/C27H27ClN2O3S/c1-3-18-7-12-22(13-8-18)29-27-30-26(31)25(34-27)16-20-9-14-23(24(15-20)32-4-2)33-17-19-5-10-21(28)11-6-19/h5-16,27,29H,3-4,17H2,1-2H3,(H,30,31)/b25-16-/t27-/m1/s1. The molecule has 1 aliphatic rings. The first-order valence-corrected chi connectivity index (χ1v) is 12.5. The van der Waals surface area contributed by atoms with Gasteiger partial charge in [0, 0.05) is 10.7 Å². The van der Waals surface area contributed by atoms with Gasteiger partial charge in [0.25, 0.3) is 5.91 Å². The number of halogens is 1. The molecule has 7 heteroatoms. The minimum atomic E-state index is -0.223. The molecule has 0 aliphatic carbocycles. The summed E-state index contributed by atoms with van der Waals surface area (Å²) in [4.78, 5) is 13.2. The first-order valence-electron chi connectivity index (χ1n) is 11.2. The van der Waals surface area contributed by atoms with Gasteiger partial charge in [0.1, 0.15) is 6.61 Å². The van der Waals surface area contributed by atoms with E-state index in [4.69, 9.17) is 21.1 Å². The van der Waals surface area contributed by atoms with Crippen LogP contribution in [0.2, 0.25) is 5.02 Å². The van der Waals surface area contributed by atoms with Gasteiger partial charge in [-0.1, -0.05) is 60.6 Å². The van der Waals surface area contributed by atoms with Gasteiger partial charge in [-0.3, -0.25) is 4.79 Å². The molecule has 4 rings (SSSR count). The Morgan fingerprint density at radius 1 is 0.971 bits per heavy atom. The van der Waals surface area contributed by atoms with E-state index in [1.54, 1.807) is 0 Å². The Bertz CT molecular complexity index is 1160. The van der Waals surface area contributed by atoms with E-state index in [0.717, 1.165) is 23.2 Å². The largest absolute Gasteiger partial charge is 0.490 e. The zero-order chi connectivity index (χ0) is 23.9. The molecule has 0 aromatic heterocycles. The number of thioether (sulfide) groups is 1. The van der Waals surface area contributed by atoms with Crippen LogP contribution in [0.3, 0.4) is 0 Å². The summed E-state index contributed by atoms with van der Waals surface area (Å²) in [6.07, 6.45) is 2.87. The van der Waals surface area contributed by atoms with Gasteiger partial charge in [-0.15, -0.1) is 0 Å². The second-order valence-corrected chi connectivity index (χ2v) is 9.31. The van der Waals surface area contributed by atoms with Crippen molar-refractivity contribution in [3.8, 4) is 11.5 Å². The third kappa shape index (κ3) is 6.27. The van der Waals surface area contributed by atoms with E-state index in [1.165, 1.54) is 17.3 Å². The minimum Gasteiger partial charge on any atom is -0.490 e. The third-order valence-corrected chi connectivity index (χ3v) is 6.54. The number of hydrogen-bond acceptors (Lipinski definition) is 5. The predicted molar refractivity (Wildman–Crippen MR) is 140 cm³/mol. The van der Waals surface area contributed by atoms with E-state index >= 15 is 0 Å². The Morgan fingerprint density at radius 3 is 2.41 bits per heavy atom. The summed E-state index contributed by atoms with van der Waals surface area (Å²) in [5.74, 6) is 1.19. The highest BCUT2D eigenvalue weighted by Gasteiger charge is 2.27. The highest BCUT2D eigenvalue weighted by Crippen LogP contribution is 2.34. The molecule has 0 radical (unpaired) electrons. The van der Waals surface area contributed by atoms with Crippen LogP contribution in [0.25, 0.3) is 6.08 Å². The molecule has 0 bridgehead atoms. The van der Waals surface area contributed by atoms with Crippen LogP contribution in [-0.2, 0) is 17.8 Å². The molecule has 1 amide bonds. The quantitative estimate of drug-likeness (QED) is 0.333. The van der Waals surface area contributed by atoms with Crippen LogP contribution in [0.4, 0.5) is 5.69 Å². The number of hydrogen-bond donors (Lipinski definition) is 2. The van der Waals surface area contributed by atoms with Gasteiger partial charge in [-0.2, -0.15) is 0 Å². The molecule has 1 saturated heterocycles. The number of rotatable bonds is 9. The van der Waals surface area contributed by atoms with Gasteiger partial charge in [-0.05, 0) is 72.5 Å². The fourth-order valence-electron chi connectivity index (χ4n) is 3.45. The number of anilines is 1. The zero-order valence-electron chi connectivity index (χ0n) is 19.1. The SMILES string of the molecule is CCOc1cc(/C=C2\S[C@H](Nc3ccc(CC)cc3)NC2=O)ccc1OCc1ccc(Cl)cc1. The molecule has 2 N–H and O–H groups in total. The summed E-state index contributed by atoms with van der Waals surface area (Å²) in [5.41, 5.74) is 3.91. The van der Waals surface area contributed by atoms with E-state index in [2.05, 4.69) is 29.7 Å². The van der Waals surface area contributed by atoms with Gasteiger partial charge in [0.2, 0.25) is 0 Å². The molecule has 1 atom stereocenters. The molecule has 1 aliphatic heterocycles. The number of benzene rings is 3. The monoisotopic (exact) mass is 494 g/mol. The van der Waals surface area contributed by atoms with Gasteiger partial charge in [-0.25, -0.2) is 0 Å². The van der Waals surface area contributed by atoms with Crippen molar-refractivity contribution in [1.82, 2.24) is 5.32 Å². The lowest BCUT2D eigenvalue weighted by atomic mass is 10.1. The average Bonchev–Trinajstić information content (AvgIpc) is 3.18. The highest BCUT2D eigenvalue weighted by atomic mass is 35.5. The zero-order valence-corrected chi connectivity index (χ0v) is 20.7. The smallest absolute Gasteiger partial charge is 0.260 e. The number of amides is 1. The van der Waals surface area contributed by atoms with Crippen LogP contribution in [0.15, 0.2) is 71.6 Å². The van der Waals surface area contributed by atoms with Crippen LogP contribution in [0.1, 0.15) is 30.5 Å². The second kappa shape index (κ2) is 11.4. The molecule has 3 aromatic rings. The van der Waals surface area contributed by atoms with Gasteiger partial charge in [0.15, 0.2) is 17.0 Å². The summed E-state index contributed by atoms with van der Waals surface area (Å²) in [6.45, 7) is 4.97. The number of carbonyl (C=O) groups is 1. The van der Waals surface area contributed by atoms with Gasteiger partial charge < -0.3 is 20.1 Å². The molecular formula is C27H27ClN2O3S. The maximum absolute atomic E-state index is 12.5. The summed E-state index contributed by atoms with van der Waals surface area (Å²) in [5, 5.41) is 7.02. The van der Waals surface area contributed by atoms with E-state index in [0.29, 0.717) is 34.6 Å². The Labute approximate surface area is 209 Å². The lowest BCUT2D eigenvalue weighted by molar-refractivity contribution is -0.116. The van der Waals surface area contributed by atoms with Crippen LogP contribution < -0.4 is 20.1 Å². The molecule has 34 heavy (non-hydrogen) atoms. The Kier molecular flexibility index (Phi) is 8.03. The second-order valence-electron chi connectivity index (χ2n) is 7.73. The van der Waals surface area contributed by atoms with Crippen molar-refractivity contribution in [2.24, 2.45) is 0 Å². The Balaban J connectivity index is 1.44. The van der Waals surface area contributed by atoms with Gasteiger partial charge >= 0.3 is 0 Å². The molecule has 3 aromatic carbocycles. The highest BCUT2D eigenvalue weighted by molar-refractivity contribution is 8.05. The van der Waals surface area contributed by atoms with Crippen molar-refractivity contribution >= 4 is 41.0 Å². The lowest BCUT2D eigenvalue weighted by Crippen LogP contribution is -2.30. The number of ether oxygens (including phenoxy) is 2. The van der Waals surface area contributed by atoms with Gasteiger partial charge in [0.05, 0.1) is 11.5 Å². The van der Waals surface area contributed by atoms with Crippen LogP contribution >= 0.6 is 23.4 Å². The summed E-state index contributed by atoms with van der Waals surface area (Å²) >= 11 is 7.41.